The SMILES string of the molecule is O=C(c1ccncc1)N1CCC2(CC1)CN(c1ncccn1)c1ccccc12. The molecule has 2 aromatic heterocycles. The fourth-order valence-electron chi connectivity index (χ4n) is 4.48. The Hall–Kier alpha value is -3.28. The number of aromatic nitrogens is 3. The third kappa shape index (κ3) is 2.72. The molecular formula is C22H21N5O. The molecule has 2 aliphatic rings. The average molecular weight is 371 g/mol. The van der Waals surface area contributed by atoms with Crippen molar-refractivity contribution in [3.05, 3.63) is 78.4 Å². The van der Waals surface area contributed by atoms with E-state index >= 15 is 0 Å². The number of anilines is 2. The van der Waals surface area contributed by atoms with Crippen molar-refractivity contribution in [2.75, 3.05) is 24.5 Å². The second-order valence-corrected chi connectivity index (χ2v) is 7.46. The molecule has 1 spiro atoms. The number of hydrogen-bond acceptors (Lipinski definition) is 5. The molecule has 0 unspecified atom stereocenters. The first kappa shape index (κ1) is 16.9. The van der Waals surface area contributed by atoms with Crippen LogP contribution in [0.2, 0.25) is 0 Å². The first-order valence-corrected chi connectivity index (χ1v) is 9.60. The molecule has 0 aliphatic carbocycles. The third-order valence-electron chi connectivity index (χ3n) is 5.96. The maximum absolute atomic E-state index is 12.8. The highest BCUT2D eigenvalue weighted by Crippen LogP contribution is 2.48. The summed E-state index contributed by atoms with van der Waals surface area (Å²) < 4.78 is 0. The standard InChI is InChI=1S/C22H21N5O/c28-20(17-6-12-23-13-7-17)26-14-8-22(9-15-26)16-27(21-24-10-3-11-25-21)19-5-2-1-4-18(19)22/h1-7,10-13H,8-9,14-16H2. The highest BCUT2D eigenvalue weighted by atomic mass is 16.2. The van der Waals surface area contributed by atoms with Crippen LogP contribution in [-0.2, 0) is 5.41 Å². The molecule has 0 radical (unpaired) electrons. The molecule has 5 rings (SSSR count). The predicted octanol–water partition coefficient (Wildman–Crippen LogP) is 3.20. The Bertz CT molecular complexity index is 984. The molecule has 3 aromatic rings. The van der Waals surface area contributed by atoms with Crippen molar-refractivity contribution in [1.82, 2.24) is 19.9 Å². The average Bonchev–Trinajstić information content (AvgIpc) is 3.09. The van der Waals surface area contributed by atoms with E-state index in [4.69, 9.17) is 0 Å². The fourth-order valence-corrected chi connectivity index (χ4v) is 4.48. The van der Waals surface area contributed by atoms with Crippen molar-refractivity contribution >= 4 is 17.5 Å². The van der Waals surface area contributed by atoms with Gasteiger partial charge in [-0.25, -0.2) is 9.97 Å². The van der Waals surface area contributed by atoms with Crippen LogP contribution in [0.4, 0.5) is 11.6 Å². The number of benzene rings is 1. The zero-order valence-electron chi connectivity index (χ0n) is 15.5. The lowest BCUT2D eigenvalue weighted by Gasteiger charge is -2.40. The Morgan fingerprint density at radius 2 is 1.61 bits per heavy atom. The second-order valence-electron chi connectivity index (χ2n) is 7.46. The molecule has 28 heavy (non-hydrogen) atoms. The summed E-state index contributed by atoms with van der Waals surface area (Å²) in [6.45, 7) is 2.35. The maximum atomic E-state index is 12.8. The molecule has 1 saturated heterocycles. The smallest absolute Gasteiger partial charge is 0.253 e. The Morgan fingerprint density at radius 3 is 2.36 bits per heavy atom. The van der Waals surface area contributed by atoms with Crippen molar-refractivity contribution in [2.24, 2.45) is 0 Å². The van der Waals surface area contributed by atoms with E-state index in [1.807, 2.05) is 11.0 Å². The molecule has 0 atom stereocenters. The van der Waals surface area contributed by atoms with Gasteiger partial charge in [0.1, 0.15) is 0 Å². The van der Waals surface area contributed by atoms with E-state index < -0.39 is 0 Å². The Balaban J connectivity index is 1.41. The van der Waals surface area contributed by atoms with Gasteiger partial charge in [-0.1, -0.05) is 18.2 Å². The summed E-state index contributed by atoms with van der Waals surface area (Å²) in [4.78, 5) is 29.9. The van der Waals surface area contributed by atoms with Crippen molar-refractivity contribution in [2.45, 2.75) is 18.3 Å². The first-order chi connectivity index (χ1) is 13.8. The van der Waals surface area contributed by atoms with Gasteiger partial charge < -0.3 is 9.80 Å². The summed E-state index contributed by atoms with van der Waals surface area (Å²) in [5.41, 5.74) is 3.27. The number of carbonyl (C=O) groups is 1. The highest BCUT2D eigenvalue weighted by Gasteiger charge is 2.46. The van der Waals surface area contributed by atoms with Crippen LogP contribution in [0.3, 0.4) is 0 Å². The number of para-hydroxylation sites is 1. The molecule has 140 valence electrons. The normalized spacial score (nSPS) is 17.6. The Morgan fingerprint density at radius 1 is 0.893 bits per heavy atom. The predicted molar refractivity (Wildman–Crippen MR) is 107 cm³/mol. The molecule has 0 bridgehead atoms. The van der Waals surface area contributed by atoms with Crippen LogP contribution in [0.1, 0.15) is 28.8 Å². The van der Waals surface area contributed by atoms with Crippen molar-refractivity contribution in [1.29, 1.82) is 0 Å². The van der Waals surface area contributed by atoms with Gasteiger partial charge in [0, 0.05) is 61.1 Å². The summed E-state index contributed by atoms with van der Waals surface area (Å²) in [7, 11) is 0. The molecular weight excluding hydrogens is 350 g/mol. The van der Waals surface area contributed by atoms with Gasteiger partial charge in [-0.15, -0.1) is 0 Å². The summed E-state index contributed by atoms with van der Waals surface area (Å²) in [6, 6.07) is 13.9. The number of fused-ring (bicyclic) bond motifs is 2. The molecule has 1 fully saturated rings. The number of likely N-dealkylation sites (tertiary alicyclic amines) is 1. The van der Waals surface area contributed by atoms with Crippen LogP contribution in [0.25, 0.3) is 0 Å². The summed E-state index contributed by atoms with van der Waals surface area (Å²) in [5, 5.41) is 0. The molecule has 0 saturated carbocycles. The van der Waals surface area contributed by atoms with Crippen LogP contribution < -0.4 is 4.90 Å². The second kappa shape index (κ2) is 6.71. The van der Waals surface area contributed by atoms with E-state index in [2.05, 4.69) is 44.1 Å². The topological polar surface area (TPSA) is 62.2 Å². The number of pyridine rings is 1. The minimum atomic E-state index is 0.0326. The van der Waals surface area contributed by atoms with Crippen LogP contribution >= 0.6 is 0 Å². The molecule has 6 heteroatoms. The van der Waals surface area contributed by atoms with Gasteiger partial charge in [0.15, 0.2) is 0 Å². The van der Waals surface area contributed by atoms with Gasteiger partial charge in [0.05, 0.1) is 0 Å². The van der Waals surface area contributed by atoms with Gasteiger partial charge in [0.2, 0.25) is 5.95 Å². The van der Waals surface area contributed by atoms with E-state index in [0.717, 1.165) is 38.4 Å². The number of nitrogens with zero attached hydrogens (tertiary/aromatic N) is 5. The van der Waals surface area contributed by atoms with Gasteiger partial charge in [0.25, 0.3) is 5.91 Å². The number of carbonyl (C=O) groups excluding carboxylic acids is 1. The zero-order chi connectivity index (χ0) is 19.0. The van der Waals surface area contributed by atoms with E-state index in [0.29, 0.717) is 5.56 Å². The minimum Gasteiger partial charge on any atom is -0.339 e. The van der Waals surface area contributed by atoms with Crippen LogP contribution in [0.15, 0.2) is 67.3 Å². The molecule has 1 amide bonds. The van der Waals surface area contributed by atoms with E-state index in [9.17, 15) is 4.79 Å². The van der Waals surface area contributed by atoms with Crippen molar-refractivity contribution < 1.29 is 4.79 Å². The number of amides is 1. The monoisotopic (exact) mass is 371 g/mol. The summed E-state index contributed by atoms with van der Waals surface area (Å²) in [6.07, 6.45) is 8.78. The highest BCUT2D eigenvalue weighted by molar-refractivity contribution is 5.94. The van der Waals surface area contributed by atoms with E-state index in [1.54, 1.807) is 36.9 Å². The number of hydrogen-bond donors (Lipinski definition) is 0. The van der Waals surface area contributed by atoms with E-state index in [-0.39, 0.29) is 11.3 Å². The Kier molecular flexibility index (Phi) is 4.04. The zero-order valence-corrected chi connectivity index (χ0v) is 15.5. The largest absolute Gasteiger partial charge is 0.339 e. The molecule has 2 aliphatic heterocycles. The molecule has 1 aromatic carbocycles. The molecule has 0 N–H and O–H groups in total. The lowest BCUT2D eigenvalue weighted by Crippen LogP contribution is -2.46. The molecule has 4 heterocycles. The van der Waals surface area contributed by atoms with Gasteiger partial charge in [-0.05, 0) is 42.7 Å². The number of piperidine rings is 1. The number of rotatable bonds is 2. The van der Waals surface area contributed by atoms with Crippen LogP contribution in [0.5, 0.6) is 0 Å². The van der Waals surface area contributed by atoms with Crippen molar-refractivity contribution in [3.63, 3.8) is 0 Å². The van der Waals surface area contributed by atoms with Gasteiger partial charge >= 0.3 is 0 Å². The van der Waals surface area contributed by atoms with Crippen LogP contribution in [0, 0.1) is 0 Å². The first-order valence-electron chi connectivity index (χ1n) is 9.60. The lowest BCUT2D eigenvalue weighted by atomic mass is 9.74. The summed E-state index contributed by atoms with van der Waals surface area (Å²) >= 11 is 0. The summed E-state index contributed by atoms with van der Waals surface area (Å²) in [5.74, 6) is 0.828. The fraction of sp³-hybridized carbons (Fsp3) is 0.273. The van der Waals surface area contributed by atoms with Crippen LogP contribution in [-0.4, -0.2) is 45.4 Å². The third-order valence-corrected chi connectivity index (χ3v) is 5.96. The quantitative estimate of drug-likeness (QED) is 0.692. The lowest BCUT2D eigenvalue weighted by molar-refractivity contribution is 0.0674. The van der Waals surface area contributed by atoms with Gasteiger partial charge in [-0.2, -0.15) is 0 Å². The Labute approximate surface area is 163 Å². The maximum Gasteiger partial charge on any atom is 0.253 e. The molecule has 6 nitrogen and oxygen atoms in total. The minimum absolute atomic E-state index is 0.0326. The van der Waals surface area contributed by atoms with Crippen molar-refractivity contribution in [3.8, 4) is 0 Å². The van der Waals surface area contributed by atoms with E-state index in [1.165, 1.54) is 11.3 Å². The van der Waals surface area contributed by atoms with Gasteiger partial charge in [-0.3, -0.25) is 9.78 Å².